The zero-order valence-corrected chi connectivity index (χ0v) is 18.9. The number of nitrogens with zero attached hydrogens (tertiary/aromatic N) is 3. The van der Waals surface area contributed by atoms with Gasteiger partial charge in [-0.2, -0.15) is 0 Å². The van der Waals surface area contributed by atoms with Crippen LogP contribution < -0.4 is 10.6 Å². The van der Waals surface area contributed by atoms with Gasteiger partial charge in [0.15, 0.2) is 5.65 Å². The van der Waals surface area contributed by atoms with E-state index in [1.54, 1.807) is 23.1 Å². The van der Waals surface area contributed by atoms with Crippen molar-refractivity contribution in [1.29, 1.82) is 0 Å². The van der Waals surface area contributed by atoms with Crippen molar-refractivity contribution in [1.82, 2.24) is 25.2 Å². The molecule has 0 saturated carbocycles. The maximum atomic E-state index is 12.9. The number of pyridine rings is 1. The first-order valence-corrected chi connectivity index (χ1v) is 10.8. The van der Waals surface area contributed by atoms with Gasteiger partial charge >= 0.3 is 5.97 Å². The topological polar surface area (TPSA) is 150 Å². The summed E-state index contributed by atoms with van der Waals surface area (Å²) in [6.07, 6.45) is -0.351. The number of carbonyl (C=O) groups is 3. The Balaban J connectivity index is 1.51. The number of aromatic nitrogens is 3. The molecule has 0 unspecified atom stereocenters. The predicted molar refractivity (Wildman–Crippen MR) is 123 cm³/mol. The molecule has 3 aromatic rings. The van der Waals surface area contributed by atoms with Gasteiger partial charge in [-0.1, -0.05) is 0 Å². The molecular weight excluding hydrogens is 440 g/mol. The number of aryl methyl sites for hydroxylation is 1. The number of methoxy groups -OCH3 is 1. The van der Waals surface area contributed by atoms with Gasteiger partial charge in [0.25, 0.3) is 5.91 Å². The van der Waals surface area contributed by atoms with Crippen LogP contribution in [0.3, 0.4) is 0 Å². The lowest BCUT2D eigenvalue weighted by molar-refractivity contribution is -0.141. The maximum Gasteiger partial charge on any atom is 0.305 e. The Labute approximate surface area is 195 Å². The second-order valence-electron chi connectivity index (χ2n) is 8.11. The van der Waals surface area contributed by atoms with Gasteiger partial charge in [0.05, 0.1) is 25.1 Å². The predicted octanol–water partition coefficient (Wildman–Crippen LogP) is 1.44. The number of benzene rings is 1. The van der Waals surface area contributed by atoms with Crippen molar-refractivity contribution >= 4 is 34.6 Å². The number of aliphatic carboxylic acids is 1. The fourth-order valence-electron chi connectivity index (χ4n) is 3.85. The maximum absolute atomic E-state index is 12.9. The summed E-state index contributed by atoms with van der Waals surface area (Å²) < 4.78 is 5.09. The second-order valence-corrected chi connectivity index (χ2v) is 8.11. The molecule has 1 aliphatic heterocycles. The highest BCUT2D eigenvalue weighted by Gasteiger charge is 2.31. The lowest BCUT2D eigenvalue weighted by atomic mass is 10.1. The summed E-state index contributed by atoms with van der Waals surface area (Å²) in [6.45, 7) is 2.94. The van der Waals surface area contributed by atoms with Gasteiger partial charge in [-0.25, -0.2) is 9.97 Å². The number of nitrogens with one attached hydrogen (secondary N) is 3. The average Bonchev–Trinajstić information content (AvgIpc) is 3.16. The standard InChI is InChI=1S/C23H26N6O5/c1-13-3-5-17-21(25-13)28-19(27-17)11-24-22(32)14-4-6-16-15(9-14)12-29(7-8-34-2)23(33)18(26-16)10-20(30)31/h3-6,9,18,26H,7-8,10-12H2,1-2H3,(H,24,32)(H,30,31)(H,25,27,28)/t18-/m0/s1. The van der Waals surface area contributed by atoms with Crippen molar-refractivity contribution in [2.45, 2.75) is 32.5 Å². The molecule has 1 aliphatic rings. The van der Waals surface area contributed by atoms with E-state index in [0.29, 0.717) is 41.4 Å². The number of ether oxygens (including phenoxy) is 1. The number of anilines is 1. The molecule has 0 radical (unpaired) electrons. The van der Waals surface area contributed by atoms with Crippen molar-refractivity contribution < 1.29 is 24.2 Å². The van der Waals surface area contributed by atoms with Crippen molar-refractivity contribution in [3.05, 3.63) is 53.0 Å². The summed E-state index contributed by atoms with van der Waals surface area (Å²) in [4.78, 5) is 50.4. The quantitative estimate of drug-likeness (QED) is 0.390. The molecule has 1 atom stereocenters. The number of carboxylic acid groups (broad SMARTS) is 1. The molecule has 0 aliphatic carbocycles. The number of hydrogen-bond donors (Lipinski definition) is 4. The molecule has 0 saturated heterocycles. The SMILES string of the molecule is COCCN1Cc2cc(C(=O)NCc3nc4nc(C)ccc4[nH]3)ccc2N[C@@H](CC(=O)O)C1=O. The van der Waals surface area contributed by atoms with Crippen LogP contribution in [0.4, 0.5) is 5.69 Å². The van der Waals surface area contributed by atoms with Crippen LogP contribution in [0.1, 0.15) is 33.9 Å². The lowest BCUT2D eigenvalue weighted by Gasteiger charge is -2.23. The van der Waals surface area contributed by atoms with Crippen molar-refractivity contribution in [2.24, 2.45) is 0 Å². The number of carbonyl (C=O) groups excluding carboxylic acids is 2. The molecule has 4 rings (SSSR count). The number of aromatic amines is 1. The summed E-state index contributed by atoms with van der Waals surface area (Å²) in [5, 5.41) is 15.1. The molecule has 1 aromatic carbocycles. The summed E-state index contributed by atoms with van der Waals surface area (Å²) in [5.74, 6) is -1.11. The zero-order valence-electron chi connectivity index (χ0n) is 18.9. The highest BCUT2D eigenvalue weighted by atomic mass is 16.5. The molecule has 34 heavy (non-hydrogen) atoms. The minimum Gasteiger partial charge on any atom is -0.481 e. The highest BCUT2D eigenvalue weighted by Crippen LogP contribution is 2.25. The fourth-order valence-corrected chi connectivity index (χ4v) is 3.85. The number of hydrogen-bond acceptors (Lipinski definition) is 7. The van der Waals surface area contributed by atoms with Gasteiger partial charge in [0.2, 0.25) is 5.91 Å². The number of fused-ring (bicyclic) bond motifs is 2. The van der Waals surface area contributed by atoms with Crippen molar-refractivity contribution in [3.63, 3.8) is 0 Å². The third-order valence-electron chi connectivity index (χ3n) is 5.56. The number of amides is 2. The largest absolute Gasteiger partial charge is 0.481 e. The van der Waals surface area contributed by atoms with Gasteiger partial charge < -0.3 is 30.4 Å². The normalized spacial score (nSPS) is 15.5. The van der Waals surface area contributed by atoms with E-state index >= 15 is 0 Å². The van der Waals surface area contributed by atoms with Crippen LogP contribution in [0.15, 0.2) is 30.3 Å². The number of carboxylic acids is 1. The fraction of sp³-hybridized carbons (Fsp3) is 0.348. The lowest BCUT2D eigenvalue weighted by Crippen LogP contribution is -2.42. The van der Waals surface area contributed by atoms with E-state index in [2.05, 4.69) is 25.6 Å². The minimum atomic E-state index is -1.08. The molecule has 0 fully saturated rings. The van der Waals surface area contributed by atoms with Crippen molar-refractivity contribution in [2.75, 3.05) is 25.6 Å². The molecule has 178 valence electrons. The van der Waals surface area contributed by atoms with Gasteiger partial charge in [0.1, 0.15) is 11.9 Å². The first-order valence-electron chi connectivity index (χ1n) is 10.8. The Morgan fingerprint density at radius 2 is 2.09 bits per heavy atom. The van der Waals surface area contributed by atoms with Crippen LogP contribution in [0.5, 0.6) is 0 Å². The number of rotatable bonds is 8. The molecule has 2 amide bonds. The van der Waals surface area contributed by atoms with E-state index in [1.165, 1.54) is 7.11 Å². The van der Waals surface area contributed by atoms with Crippen LogP contribution in [-0.2, 0) is 27.4 Å². The van der Waals surface area contributed by atoms with Gasteiger partial charge in [0, 0.05) is 37.1 Å². The number of H-pyrrole nitrogens is 1. The van der Waals surface area contributed by atoms with Crippen molar-refractivity contribution in [3.8, 4) is 0 Å². The summed E-state index contributed by atoms with van der Waals surface area (Å²) >= 11 is 0. The van der Waals surface area contributed by atoms with Gasteiger partial charge in [-0.3, -0.25) is 14.4 Å². The molecule has 4 N–H and O–H groups in total. The molecule has 0 bridgehead atoms. The third kappa shape index (κ3) is 5.15. The van der Waals surface area contributed by atoms with E-state index in [1.807, 2.05) is 19.1 Å². The summed E-state index contributed by atoms with van der Waals surface area (Å²) in [6, 6.07) is 7.91. The van der Waals surface area contributed by atoms with Crippen LogP contribution in [-0.4, -0.2) is 69.0 Å². The van der Waals surface area contributed by atoms with E-state index < -0.39 is 12.0 Å². The molecule has 11 heteroatoms. The Kier molecular flexibility index (Phi) is 6.73. The average molecular weight is 466 g/mol. The van der Waals surface area contributed by atoms with Crippen LogP contribution in [0.2, 0.25) is 0 Å². The molecule has 0 spiro atoms. The minimum absolute atomic E-state index is 0.197. The molecule has 2 aromatic heterocycles. The Hall–Kier alpha value is -3.99. The van der Waals surface area contributed by atoms with Gasteiger partial charge in [-0.05, 0) is 42.8 Å². The third-order valence-corrected chi connectivity index (χ3v) is 5.56. The zero-order chi connectivity index (χ0) is 24.2. The monoisotopic (exact) mass is 466 g/mol. The first-order chi connectivity index (χ1) is 16.3. The Bertz CT molecular complexity index is 1240. The van der Waals surface area contributed by atoms with Crippen LogP contribution in [0.25, 0.3) is 11.2 Å². The summed E-state index contributed by atoms with van der Waals surface area (Å²) in [5.41, 5.74) is 4.00. The first kappa shape index (κ1) is 23.2. The molecular formula is C23H26N6O5. The molecule has 3 heterocycles. The highest BCUT2D eigenvalue weighted by molar-refractivity contribution is 5.95. The van der Waals surface area contributed by atoms with E-state index in [-0.39, 0.29) is 31.3 Å². The summed E-state index contributed by atoms with van der Waals surface area (Å²) in [7, 11) is 1.53. The van der Waals surface area contributed by atoms with Gasteiger partial charge in [-0.15, -0.1) is 0 Å². The smallest absolute Gasteiger partial charge is 0.305 e. The van der Waals surface area contributed by atoms with E-state index in [9.17, 15) is 19.5 Å². The Morgan fingerprint density at radius 3 is 2.85 bits per heavy atom. The second kappa shape index (κ2) is 9.87. The Morgan fingerprint density at radius 1 is 1.26 bits per heavy atom. The number of imidazole rings is 1. The molecule has 11 nitrogen and oxygen atoms in total. The van der Waals surface area contributed by atoms with E-state index in [0.717, 1.165) is 11.2 Å². The van der Waals surface area contributed by atoms with E-state index in [4.69, 9.17) is 4.74 Å². The van der Waals surface area contributed by atoms with Crippen LogP contribution >= 0.6 is 0 Å². The van der Waals surface area contributed by atoms with Crippen LogP contribution in [0, 0.1) is 6.92 Å².